The highest BCUT2D eigenvalue weighted by Gasteiger charge is 2.21. The summed E-state index contributed by atoms with van der Waals surface area (Å²) >= 11 is 0. The number of nitrogens with one attached hydrogen (secondary N) is 2. The lowest BCUT2D eigenvalue weighted by molar-refractivity contribution is -0.123. The number of nitrogens with zero attached hydrogens (tertiary/aromatic N) is 1. The summed E-state index contributed by atoms with van der Waals surface area (Å²) in [5, 5.41) is 6.73. The smallest absolute Gasteiger partial charge is 0.257 e. The van der Waals surface area contributed by atoms with Crippen molar-refractivity contribution < 1.29 is 14.3 Å². The Bertz CT molecular complexity index is 569. The zero-order valence-electron chi connectivity index (χ0n) is 12.5. The SMILES string of the molecule is CC1CC(=O)NN=C1c1ccc(OCC(=O)NCCN)cc1. The molecule has 0 radical (unpaired) electrons. The summed E-state index contributed by atoms with van der Waals surface area (Å²) in [6, 6.07) is 7.27. The monoisotopic (exact) mass is 304 g/mol. The molecule has 1 atom stereocenters. The van der Waals surface area contributed by atoms with Gasteiger partial charge in [-0.05, 0) is 29.8 Å². The van der Waals surface area contributed by atoms with Crippen molar-refractivity contribution in [1.29, 1.82) is 0 Å². The Kier molecular flexibility index (Phi) is 5.48. The third-order valence-electron chi connectivity index (χ3n) is 3.25. The zero-order chi connectivity index (χ0) is 15.9. The van der Waals surface area contributed by atoms with Crippen LogP contribution in [0.3, 0.4) is 0 Å². The second-order valence-electron chi connectivity index (χ2n) is 5.09. The number of hydrogen-bond donors (Lipinski definition) is 3. The van der Waals surface area contributed by atoms with E-state index >= 15 is 0 Å². The number of benzene rings is 1. The van der Waals surface area contributed by atoms with Crippen LogP contribution < -0.4 is 21.2 Å². The van der Waals surface area contributed by atoms with Crippen LogP contribution >= 0.6 is 0 Å². The number of carbonyl (C=O) groups is 2. The van der Waals surface area contributed by atoms with Crippen LogP contribution in [0, 0.1) is 5.92 Å². The molecule has 0 fully saturated rings. The van der Waals surface area contributed by atoms with Crippen molar-refractivity contribution in [1.82, 2.24) is 10.7 Å². The van der Waals surface area contributed by atoms with Gasteiger partial charge in [-0.25, -0.2) is 5.43 Å². The van der Waals surface area contributed by atoms with E-state index in [4.69, 9.17) is 10.5 Å². The molecule has 0 saturated carbocycles. The predicted octanol–water partition coefficient (Wildman–Crippen LogP) is 0.000400. The first-order valence-corrected chi connectivity index (χ1v) is 7.16. The van der Waals surface area contributed by atoms with Crippen LogP contribution in [0.4, 0.5) is 0 Å². The number of nitrogens with two attached hydrogens (primary N) is 1. The fourth-order valence-corrected chi connectivity index (χ4v) is 2.14. The third kappa shape index (κ3) is 4.29. The Hall–Kier alpha value is -2.41. The molecule has 22 heavy (non-hydrogen) atoms. The molecule has 1 aliphatic rings. The molecule has 0 aromatic heterocycles. The van der Waals surface area contributed by atoms with Crippen LogP contribution in [0.5, 0.6) is 5.75 Å². The average molecular weight is 304 g/mol. The van der Waals surface area contributed by atoms with Gasteiger partial charge in [-0.3, -0.25) is 9.59 Å². The number of amides is 2. The predicted molar refractivity (Wildman–Crippen MR) is 82.5 cm³/mol. The minimum Gasteiger partial charge on any atom is -0.484 e. The van der Waals surface area contributed by atoms with Gasteiger partial charge >= 0.3 is 0 Å². The first kappa shape index (κ1) is 16.0. The highest BCUT2D eigenvalue weighted by atomic mass is 16.5. The lowest BCUT2D eigenvalue weighted by Crippen LogP contribution is -2.33. The first-order valence-electron chi connectivity index (χ1n) is 7.16. The number of hydrogen-bond acceptors (Lipinski definition) is 5. The van der Waals surface area contributed by atoms with Crippen LogP contribution in [-0.2, 0) is 9.59 Å². The summed E-state index contributed by atoms with van der Waals surface area (Å²) in [5.41, 5.74) is 9.55. The van der Waals surface area contributed by atoms with Crippen molar-refractivity contribution >= 4 is 17.5 Å². The van der Waals surface area contributed by atoms with E-state index in [2.05, 4.69) is 15.8 Å². The Morgan fingerprint density at radius 2 is 2.18 bits per heavy atom. The number of carbonyl (C=O) groups excluding carboxylic acids is 2. The molecular formula is C15H20N4O3. The molecule has 1 unspecified atom stereocenters. The molecule has 0 bridgehead atoms. The molecule has 7 heteroatoms. The Morgan fingerprint density at radius 1 is 1.45 bits per heavy atom. The normalized spacial score (nSPS) is 17.5. The Labute approximate surface area is 128 Å². The van der Waals surface area contributed by atoms with Crippen LogP contribution in [0.15, 0.2) is 29.4 Å². The van der Waals surface area contributed by atoms with Crippen molar-refractivity contribution in [2.75, 3.05) is 19.7 Å². The van der Waals surface area contributed by atoms with Gasteiger partial charge in [0.15, 0.2) is 6.61 Å². The van der Waals surface area contributed by atoms with Crippen molar-refractivity contribution in [3.05, 3.63) is 29.8 Å². The summed E-state index contributed by atoms with van der Waals surface area (Å²) < 4.78 is 5.39. The summed E-state index contributed by atoms with van der Waals surface area (Å²) in [6.07, 6.45) is 0.429. The van der Waals surface area contributed by atoms with Gasteiger partial charge in [-0.1, -0.05) is 6.92 Å². The molecule has 1 heterocycles. The Morgan fingerprint density at radius 3 is 2.82 bits per heavy atom. The molecule has 0 aliphatic carbocycles. The molecule has 118 valence electrons. The quantitative estimate of drug-likeness (QED) is 0.688. The molecule has 1 aliphatic heterocycles. The second kappa shape index (κ2) is 7.56. The minimum atomic E-state index is -0.206. The third-order valence-corrected chi connectivity index (χ3v) is 3.25. The van der Waals surface area contributed by atoms with E-state index in [0.717, 1.165) is 11.3 Å². The van der Waals surface area contributed by atoms with Crippen LogP contribution in [-0.4, -0.2) is 37.2 Å². The van der Waals surface area contributed by atoms with E-state index in [1.54, 1.807) is 12.1 Å². The van der Waals surface area contributed by atoms with Gasteiger partial charge in [0.05, 0.1) is 5.71 Å². The van der Waals surface area contributed by atoms with Crippen LogP contribution in [0.1, 0.15) is 18.9 Å². The Balaban J connectivity index is 1.93. The van der Waals surface area contributed by atoms with E-state index in [-0.39, 0.29) is 24.3 Å². The van der Waals surface area contributed by atoms with Crippen molar-refractivity contribution in [3.63, 3.8) is 0 Å². The lowest BCUT2D eigenvalue weighted by Gasteiger charge is -2.19. The van der Waals surface area contributed by atoms with E-state index < -0.39 is 0 Å². The van der Waals surface area contributed by atoms with Gasteiger partial charge in [-0.15, -0.1) is 0 Å². The fourth-order valence-electron chi connectivity index (χ4n) is 2.14. The maximum absolute atomic E-state index is 11.4. The topological polar surface area (TPSA) is 106 Å². The van der Waals surface area contributed by atoms with E-state index in [0.29, 0.717) is 25.3 Å². The number of rotatable bonds is 6. The standard InChI is InChI=1S/C15H20N4O3/c1-10-8-13(20)18-19-15(10)11-2-4-12(5-3-11)22-9-14(21)17-7-6-16/h2-5,10H,6-9,16H2,1H3,(H,17,21)(H,18,20). The molecule has 2 rings (SSSR count). The largest absolute Gasteiger partial charge is 0.484 e. The van der Waals surface area contributed by atoms with Gasteiger partial charge in [0.2, 0.25) is 5.91 Å². The first-order chi connectivity index (χ1) is 10.6. The minimum absolute atomic E-state index is 0.0489. The maximum atomic E-state index is 11.4. The van der Waals surface area contributed by atoms with Crippen molar-refractivity contribution in [2.45, 2.75) is 13.3 Å². The number of hydrazone groups is 1. The fraction of sp³-hybridized carbons (Fsp3) is 0.400. The van der Waals surface area contributed by atoms with Crippen molar-refractivity contribution in [2.24, 2.45) is 16.8 Å². The summed E-state index contributed by atoms with van der Waals surface area (Å²) in [4.78, 5) is 22.7. The zero-order valence-corrected chi connectivity index (χ0v) is 12.5. The van der Waals surface area contributed by atoms with E-state index in [1.165, 1.54) is 0 Å². The molecule has 7 nitrogen and oxygen atoms in total. The van der Waals surface area contributed by atoms with Crippen LogP contribution in [0.25, 0.3) is 0 Å². The van der Waals surface area contributed by atoms with E-state index in [9.17, 15) is 9.59 Å². The molecule has 1 aromatic carbocycles. The molecule has 0 saturated heterocycles. The van der Waals surface area contributed by atoms with Gasteiger partial charge in [-0.2, -0.15) is 5.10 Å². The highest BCUT2D eigenvalue weighted by molar-refractivity contribution is 6.05. The molecule has 0 spiro atoms. The van der Waals surface area contributed by atoms with Gasteiger partial charge in [0.25, 0.3) is 5.91 Å². The maximum Gasteiger partial charge on any atom is 0.257 e. The summed E-state index contributed by atoms with van der Waals surface area (Å²) in [6.45, 7) is 2.75. The average Bonchev–Trinajstić information content (AvgIpc) is 2.51. The second-order valence-corrected chi connectivity index (χ2v) is 5.09. The summed E-state index contributed by atoms with van der Waals surface area (Å²) in [5.74, 6) is 0.393. The lowest BCUT2D eigenvalue weighted by atomic mass is 9.94. The van der Waals surface area contributed by atoms with Crippen LogP contribution in [0.2, 0.25) is 0 Å². The van der Waals surface area contributed by atoms with Crippen molar-refractivity contribution in [3.8, 4) is 5.75 Å². The summed E-state index contributed by atoms with van der Waals surface area (Å²) in [7, 11) is 0. The molecule has 4 N–H and O–H groups in total. The van der Waals surface area contributed by atoms with Gasteiger partial charge in [0.1, 0.15) is 5.75 Å². The van der Waals surface area contributed by atoms with Gasteiger partial charge in [0, 0.05) is 25.4 Å². The molecular weight excluding hydrogens is 284 g/mol. The number of ether oxygens (including phenoxy) is 1. The van der Waals surface area contributed by atoms with E-state index in [1.807, 2.05) is 19.1 Å². The highest BCUT2D eigenvalue weighted by Crippen LogP contribution is 2.19. The molecule has 1 aromatic rings. The van der Waals surface area contributed by atoms with Gasteiger partial charge < -0.3 is 15.8 Å². The molecule has 2 amide bonds.